The quantitative estimate of drug-likeness (QED) is 0.363. The molecule has 28 heavy (non-hydrogen) atoms. The third kappa shape index (κ3) is 3.45. The number of aromatic nitrogens is 5. The summed E-state index contributed by atoms with van der Waals surface area (Å²) < 4.78 is 1.90. The van der Waals surface area contributed by atoms with Crippen LogP contribution >= 0.6 is 11.6 Å². The number of fused-ring (bicyclic) bond motifs is 2. The van der Waals surface area contributed by atoms with Crippen molar-refractivity contribution in [3.63, 3.8) is 0 Å². The van der Waals surface area contributed by atoms with Gasteiger partial charge < -0.3 is 11.1 Å². The minimum Gasteiger partial charge on any atom is -0.368 e. The zero-order valence-corrected chi connectivity index (χ0v) is 16.4. The molecule has 0 radical (unpaired) electrons. The van der Waals surface area contributed by atoms with Gasteiger partial charge in [0.1, 0.15) is 11.0 Å². The molecule has 0 spiro atoms. The lowest BCUT2D eigenvalue weighted by molar-refractivity contribution is 0.713. The van der Waals surface area contributed by atoms with Crippen LogP contribution in [0.25, 0.3) is 21.9 Å². The SMILES string of the molecule is CCCCNc1nc(N)nc2cnn(Cc3ccc(CCl)c4cccnc34)c12. The van der Waals surface area contributed by atoms with E-state index in [1.165, 1.54) is 0 Å². The lowest BCUT2D eigenvalue weighted by atomic mass is 10.0. The summed E-state index contributed by atoms with van der Waals surface area (Å²) in [7, 11) is 0. The minimum absolute atomic E-state index is 0.240. The topological polar surface area (TPSA) is 94.5 Å². The molecule has 4 aromatic rings. The van der Waals surface area contributed by atoms with Crippen molar-refractivity contribution < 1.29 is 0 Å². The number of rotatable bonds is 7. The van der Waals surface area contributed by atoms with E-state index in [1.807, 2.05) is 22.9 Å². The number of benzene rings is 1. The average molecular weight is 396 g/mol. The number of unbranched alkanes of at least 4 members (excludes halogenated alkanes) is 1. The Morgan fingerprint density at radius 3 is 2.86 bits per heavy atom. The monoisotopic (exact) mass is 395 g/mol. The molecule has 0 aliphatic heterocycles. The molecule has 0 aliphatic carbocycles. The van der Waals surface area contributed by atoms with Crippen LogP contribution in [0.3, 0.4) is 0 Å². The molecule has 3 heterocycles. The zero-order valence-electron chi connectivity index (χ0n) is 15.7. The second-order valence-electron chi connectivity index (χ2n) is 6.66. The van der Waals surface area contributed by atoms with Crippen LogP contribution in [0.5, 0.6) is 0 Å². The van der Waals surface area contributed by atoms with Gasteiger partial charge in [-0.2, -0.15) is 10.1 Å². The van der Waals surface area contributed by atoms with E-state index in [9.17, 15) is 0 Å². The highest BCUT2D eigenvalue weighted by atomic mass is 35.5. The van der Waals surface area contributed by atoms with E-state index in [-0.39, 0.29) is 5.95 Å². The highest BCUT2D eigenvalue weighted by Crippen LogP contribution is 2.26. The molecule has 0 saturated carbocycles. The number of anilines is 2. The summed E-state index contributed by atoms with van der Waals surface area (Å²) in [5.74, 6) is 1.40. The maximum absolute atomic E-state index is 6.09. The molecule has 0 fully saturated rings. The van der Waals surface area contributed by atoms with E-state index >= 15 is 0 Å². The normalized spacial score (nSPS) is 11.4. The van der Waals surface area contributed by atoms with Gasteiger partial charge >= 0.3 is 0 Å². The van der Waals surface area contributed by atoms with Crippen molar-refractivity contribution in [2.45, 2.75) is 32.2 Å². The van der Waals surface area contributed by atoms with Gasteiger partial charge in [-0.05, 0) is 23.6 Å². The van der Waals surface area contributed by atoms with Crippen LogP contribution in [-0.4, -0.2) is 31.3 Å². The average Bonchev–Trinajstić information content (AvgIpc) is 3.11. The smallest absolute Gasteiger partial charge is 0.222 e. The molecule has 0 amide bonds. The number of halogens is 1. The predicted octanol–water partition coefficient (Wildman–Crippen LogP) is 3.96. The molecule has 0 saturated heterocycles. The summed E-state index contributed by atoms with van der Waals surface area (Å²) in [6.07, 6.45) is 5.67. The summed E-state index contributed by atoms with van der Waals surface area (Å²) >= 11 is 6.09. The summed E-state index contributed by atoms with van der Waals surface area (Å²) in [6, 6.07) is 8.08. The lowest BCUT2D eigenvalue weighted by Crippen LogP contribution is -2.10. The molecule has 0 bridgehead atoms. The predicted molar refractivity (Wildman–Crippen MR) is 114 cm³/mol. The fourth-order valence-electron chi connectivity index (χ4n) is 3.34. The van der Waals surface area contributed by atoms with E-state index in [1.54, 1.807) is 12.4 Å². The summed E-state index contributed by atoms with van der Waals surface area (Å²) in [6.45, 7) is 3.52. The number of pyridine rings is 1. The molecule has 7 nitrogen and oxygen atoms in total. The van der Waals surface area contributed by atoms with Crippen LogP contribution in [0.1, 0.15) is 30.9 Å². The van der Waals surface area contributed by atoms with Gasteiger partial charge in [0.15, 0.2) is 5.82 Å². The van der Waals surface area contributed by atoms with Crippen LogP contribution in [-0.2, 0) is 12.4 Å². The van der Waals surface area contributed by atoms with E-state index in [0.29, 0.717) is 18.2 Å². The molecule has 0 atom stereocenters. The van der Waals surface area contributed by atoms with Crippen LogP contribution < -0.4 is 11.1 Å². The molecule has 8 heteroatoms. The molecule has 3 N–H and O–H groups in total. The maximum Gasteiger partial charge on any atom is 0.222 e. The van der Waals surface area contributed by atoms with Crippen molar-refractivity contribution in [2.24, 2.45) is 0 Å². The second kappa shape index (κ2) is 7.98. The molecule has 1 aromatic carbocycles. The van der Waals surface area contributed by atoms with Gasteiger partial charge in [0, 0.05) is 24.0 Å². The Morgan fingerprint density at radius 1 is 1.18 bits per heavy atom. The van der Waals surface area contributed by atoms with Crippen molar-refractivity contribution in [2.75, 3.05) is 17.6 Å². The first-order chi connectivity index (χ1) is 13.7. The molecular weight excluding hydrogens is 374 g/mol. The Hall–Kier alpha value is -2.93. The Morgan fingerprint density at radius 2 is 2.04 bits per heavy atom. The Bertz CT molecular complexity index is 1120. The first-order valence-electron chi connectivity index (χ1n) is 9.35. The van der Waals surface area contributed by atoms with Gasteiger partial charge in [-0.25, -0.2) is 4.98 Å². The molecule has 144 valence electrons. The van der Waals surface area contributed by atoms with Gasteiger partial charge in [0.2, 0.25) is 5.95 Å². The number of hydrogen-bond acceptors (Lipinski definition) is 6. The van der Waals surface area contributed by atoms with Crippen LogP contribution in [0.4, 0.5) is 11.8 Å². The number of nitrogen functional groups attached to an aromatic ring is 1. The molecule has 4 rings (SSSR count). The van der Waals surface area contributed by atoms with Crippen molar-refractivity contribution in [1.29, 1.82) is 0 Å². The van der Waals surface area contributed by atoms with Crippen molar-refractivity contribution in [3.8, 4) is 0 Å². The van der Waals surface area contributed by atoms with E-state index in [4.69, 9.17) is 17.3 Å². The van der Waals surface area contributed by atoms with Crippen LogP contribution in [0.2, 0.25) is 0 Å². The van der Waals surface area contributed by atoms with Gasteiger partial charge in [-0.15, -0.1) is 11.6 Å². The number of hydrogen-bond donors (Lipinski definition) is 2. The molecule has 0 aliphatic rings. The maximum atomic E-state index is 6.09. The number of alkyl halides is 1. The van der Waals surface area contributed by atoms with Gasteiger partial charge in [-0.1, -0.05) is 31.5 Å². The second-order valence-corrected chi connectivity index (χ2v) is 6.93. The van der Waals surface area contributed by atoms with Gasteiger partial charge in [0.25, 0.3) is 0 Å². The van der Waals surface area contributed by atoms with Gasteiger partial charge in [-0.3, -0.25) is 9.67 Å². The fourth-order valence-corrected chi connectivity index (χ4v) is 3.57. The Labute approximate surface area is 168 Å². The van der Waals surface area contributed by atoms with E-state index in [2.05, 4.69) is 38.4 Å². The number of nitrogens with two attached hydrogens (primary N) is 1. The molecule has 3 aromatic heterocycles. The summed E-state index contributed by atoms with van der Waals surface area (Å²) in [5, 5.41) is 8.97. The fraction of sp³-hybridized carbons (Fsp3) is 0.300. The summed E-state index contributed by atoms with van der Waals surface area (Å²) in [5.41, 5.74) is 10.5. The highest BCUT2D eigenvalue weighted by molar-refractivity contribution is 6.18. The van der Waals surface area contributed by atoms with Crippen molar-refractivity contribution >= 4 is 45.3 Å². The van der Waals surface area contributed by atoms with Crippen molar-refractivity contribution in [1.82, 2.24) is 24.7 Å². The zero-order chi connectivity index (χ0) is 19.5. The Kier molecular flexibility index (Phi) is 5.25. The number of nitrogens with one attached hydrogen (secondary N) is 1. The minimum atomic E-state index is 0.240. The largest absolute Gasteiger partial charge is 0.368 e. The standard InChI is InChI=1S/C20H22ClN7/c1-2-3-8-24-19-18-16(26-20(22)27-19)11-25-28(18)12-14-7-6-13(10-21)15-5-4-9-23-17(14)15/h4-7,9,11H,2-3,8,10,12H2,1H3,(H3,22,24,26,27). The van der Waals surface area contributed by atoms with Crippen LogP contribution in [0, 0.1) is 0 Å². The third-order valence-electron chi connectivity index (χ3n) is 4.74. The molecular formula is C20H22ClN7. The van der Waals surface area contributed by atoms with Gasteiger partial charge in [0.05, 0.1) is 18.3 Å². The van der Waals surface area contributed by atoms with E-state index in [0.717, 1.165) is 52.4 Å². The third-order valence-corrected chi connectivity index (χ3v) is 5.02. The Balaban J connectivity index is 1.78. The summed E-state index contributed by atoms with van der Waals surface area (Å²) in [4.78, 5) is 13.3. The lowest BCUT2D eigenvalue weighted by Gasteiger charge is -2.12. The first-order valence-corrected chi connectivity index (χ1v) is 9.89. The van der Waals surface area contributed by atoms with E-state index < -0.39 is 0 Å². The highest BCUT2D eigenvalue weighted by Gasteiger charge is 2.14. The van der Waals surface area contributed by atoms with Crippen LogP contribution in [0.15, 0.2) is 36.7 Å². The number of nitrogens with zero attached hydrogens (tertiary/aromatic N) is 5. The first kappa shape index (κ1) is 18.4. The molecule has 0 unspecified atom stereocenters. The van der Waals surface area contributed by atoms with Crippen molar-refractivity contribution in [3.05, 3.63) is 47.8 Å².